The Morgan fingerprint density at radius 1 is 1.12 bits per heavy atom. The average molecular weight is 511 g/mol. The summed E-state index contributed by atoms with van der Waals surface area (Å²) in [5.41, 5.74) is 9.78. The third-order valence-corrected chi connectivity index (χ3v) is 5.75. The van der Waals surface area contributed by atoms with E-state index in [0.717, 1.165) is 15.6 Å². The lowest BCUT2D eigenvalue weighted by Gasteiger charge is -2.18. The third-order valence-electron chi connectivity index (χ3n) is 5.00. The van der Waals surface area contributed by atoms with Crippen LogP contribution in [0.1, 0.15) is 34.0 Å². The van der Waals surface area contributed by atoms with Gasteiger partial charge in [-0.2, -0.15) is 0 Å². The maximum atomic E-state index is 13.1. The van der Waals surface area contributed by atoms with Crippen LogP contribution in [0.5, 0.6) is 11.5 Å². The number of carbonyl (C=O) groups excluding carboxylic acids is 1. The Bertz CT molecular complexity index is 1160. The van der Waals surface area contributed by atoms with Crippen LogP contribution in [0.25, 0.3) is 0 Å². The number of nitrogens with two attached hydrogens (primary N) is 1. The number of methoxy groups -OCH3 is 1. The Labute approximate surface area is 201 Å². The third kappa shape index (κ3) is 5.84. The topological polar surface area (TPSA) is 109 Å². The number of benzene rings is 3. The minimum absolute atomic E-state index is 0.0202. The first-order valence-corrected chi connectivity index (χ1v) is 11.2. The molecule has 0 spiro atoms. The molecule has 172 valence electrons. The maximum absolute atomic E-state index is 13.1. The zero-order valence-corrected chi connectivity index (χ0v) is 20.4. The number of halogens is 1. The molecule has 1 amide bonds. The SMILES string of the molecule is CCOc1c(OC)ccc(Br)c1CNc1ccc(C)cc1C(=O)Nc1ccc(C(=N)N)cc1. The second kappa shape index (κ2) is 10.9. The molecule has 0 saturated carbocycles. The van der Waals surface area contributed by atoms with Crippen molar-refractivity contribution in [1.29, 1.82) is 5.41 Å². The summed E-state index contributed by atoms with van der Waals surface area (Å²) in [5, 5.41) is 13.8. The van der Waals surface area contributed by atoms with Gasteiger partial charge in [-0.25, -0.2) is 0 Å². The molecule has 0 aromatic heterocycles. The average Bonchev–Trinajstić information content (AvgIpc) is 2.80. The van der Waals surface area contributed by atoms with Crippen LogP contribution in [0.15, 0.2) is 59.1 Å². The molecule has 0 radical (unpaired) electrons. The molecule has 33 heavy (non-hydrogen) atoms. The van der Waals surface area contributed by atoms with Gasteiger partial charge in [-0.15, -0.1) is 0 Å². The molecule has 3 aromatic carbocycles. The largest absolute Gasteiger partial charge is 0.493 e. The van der Waals surface area contributed by atoms with Crippen molar-refractivity contribution in [2.75, 3.05) is 24.4 Å². The molecule has 3 rings (SSSR count). The number of nitrogen functional groups attached to an aromatic ring is 1. The first-order valence-electron chi connectivity index (χ1n) is 10.4. The van der Waals surface area contributed by atoms with Crippen LogP contribution < -0.4 is 25.8 Å². The van der Waals surface area contributed by atoms with E-state index in [9.17, 15) is 4.79 Å². The van der Waals surface area contributed by atoms with Gasteiger partial charge in [0.1, 0.15) is 5.84 Å². The molecular weight excluding hydrogens is 484 g/mol. The van der Waals surface area contributed by atoms with Crippen molar-refractivity contribution in [2.45, 2.75) is 20.4 Å². The van der Waals surface area contributed by atoms with E-state index in [-0.39, 0.29) is 11.7 Å². The molecule has 7 nitrogen and oxygen atoms in total. The Hall–Kier alpha value is -3.52. The van der Waals surface area contributed by atoms with Crippen molar-refractivity contribution >= 4 is 39.0 Å². The predicted molar refractivity (Wildman–Crippen MR) is 136 cm³/mol. The van der Waals surface area contributed by atoms with Crippen LogP contribution in [-0.2, 0) is 6.54 Å². The molecule has 0 aliphatic heterocycles. The standard InChI is InChI=1S/C25H27BrN4O3/c1-4-33-23-19(20(26)10-12-22(23)32-3)14-29-21-11-5-15(2)13-18(21)25(31)30-17-8-6-16(7-9-17)24(27)28/h5-13,29H,4,14H2,1-3H3,(H3,27,28)(H,30,31). The van der Waals surface area contributed by atoms with Crippen molar-refractivity contribution in [1.82, 2.24) is 0 Å². The fourth-order valence-electron chi connectivity index (χ4n) is 3.33. The molecule has 0 aliphatic carbocycles. The summed E-state index contributed by atoms with van der Waals surface area (Å²) in [5.74, 6) is 1.04. The fourth-order valence-corrected chi connectivity index (χ4v) is 3.78. The van der Waals surface area contributed by atoms with E-state index in [1.807, 2.05) is 44.2 Å². The van der Waals surface area contributed by atoms with E-state index < -0.39 is 0 Å². The van der Waals surface area contributed by atoms with E-state index in [2.05, 4.69) is 26.6 Å². The number of hydrogen-bond donors (Lipinski definition) is 4. The van der Waals surface area contributed by atoms with Gasteiger partial charge in [0, 0.05) is 33.5 Å². The zero-order valence-electron chi connectivity index (χ0n) is 18.8. The number of carbonyl (C=O) groups is 1. The lowest BCUT2D eigenvalue weighted by Crippen LogP contribution is -2.16. The number of rotatable bonds is 9. The van der Waals surface area contributed by atoms with Crippen LogP contribution >= 0.6 is 15.9 Å². The van der Waals surface area contributed by atoms with E-state index >= 15 is 0 Å². The zero-order chi connectivity index (χ0) is 24.0. The van der Waals surface area contributed by atoms with Crippen LogP contribution in [0.2, 0.25) is 0 Å². The van der Waals surface area contributed by atoms with Gasteiger partial charge in [0.15, 0.2) is 11.5 Å². The second-order valence-electron chi connectivity index (χ2n) is 7.34. The number of amides is 1. The first kappa shape index (κ1) is 24.1. The quantitative estimate of drug-likeness (QED) is 0.230. The minimum atomic E-state index is -0.244. The summed E-state index contributed by atoms with van der Waals surface area (Å²) < 4.78 is 12.2. The Kier molecular flexibility index (Phi) is 7.95. The Balaban J connectivity index is 1.85. The van der Waals surface area contributed by atoms with E-state index in [1.54, 1.807) is 31.4 Å². The molecule has 8 heteroatoms. The van der Waals surface area contributed by atoms with Crippen LogP contribution in [-0.4, -0.2) is 25.5 Å². The van der Waals surface area contributed by atoms with Gasteiger partial charge in [0.2, 0.25) is 0 Å². The highest BCUT2D eigenvalue weighted by atomic mass is 79.9. The first-order chi connectivity index (χ1) is 15.8. The maximum Gasteiger partial charge on any atom is 0.257 e. The summed E-state index contributed by atoms with van der Waals surface area (Å²) >= 11 is 3.59. The monoisotopic (exact) mass is 510 g/mol. The molecule has 0 aliphatic rings. The smallest absolute Gasteiger partial charge is 0.257 e. The fraction of sp³-hybridized carbons (Fsp3) is 0.200. The summed E-state index contributed by atoms with van der Waals surface area (Å²) in [6.07, 6.45) is 0. The number of hydrogen-bond acceptors (Lipinski definition) is 5. The number of nitrogens with one attached hydrogen (secondary N) is 3. The van der Waals surface area contributed by atoms with Crippen molar-refractivity contribution in [2.24, 2.45) is 5.73 Å². The molecular formula is C25H27BrN4O3. The highest BCUT2D eigenvalue weighted by Crippen LogP contribution is 2.37. The van der Waals surface area contributed by atoms with Crippen molar-refractivity contribution in [3.8, 4) is 11.5 Å². The van der Waals surface area contributed by atoms with E-state index in [1.165, 1.54) is 0 Å². The summed E-state index contributed by atoms with van der Waals surface area (Å²) in [6, 6.07) is 16.3. The van der Waals surface area contributed by atoms with E-state index in [0.29, 0.717) is 47.2 Å². The second-order valence-corrected chi connectivity index (χ2v) is 8.19. The highest BCUT2D eigenvalue weighted by Gasteiger charge is 2.17. The summed E-state index contributed by atoms with van der Waals surface area (Å²) in [6.45, 7) is 4.78. The van der Waals surface area contributed by atoms with Crippen molar-refractivity contribution in [3.05, 3.63) is 81.3 Å². The Morgan fingerprint density at radius 2 is 1.85 bits per heavy atom. The van der Waals surface area contributed by atoms with Crippen molar-refractivity contribution < 1.29 is 14.3 Å². The van der Waals surface area contributed by atoms with Crippen molar-refractivity contribution in [3.63, 3.8) is 0 Å². The van der Waals surface area contributed by atoms with Gasteiger partial charge in [-0.3, -0.25) is 10.2 Å². The lowest BCUT2D eigenvalue weighted by atomic mass is 10.1. The van der Waals surface area contributed by atoms with Gasteiger partial charge in [0.05, 0.1) is 19.3 Å². The molecule has 5 N–H and O–H groups in total. The number of aryl methyl sites for hydroxylation is 1. The van der Waals surface area contributed by atoms with Gasteiger partial charge < -0.3 is 25.8 Å². The van der Waals surface area contributed by atoms with Gasteiger partial charge in [-0.05, 0) is 62.4 Å². The van der Waals surface area contributed by atoms with Crippen LogP contribution in [0.4, 0.5) is 11.4 Å². The molecule has 0 fully saturated rings. The molecule has 0 saturated heterocycles. The predicted octanol–water partition coefficient (Wildman–Crippen LogP) is 5.31. The van der Waals surface area contributed by atoms with Gasteiger partial charge in [-0.1, -0.05) is 27.6 Å². The molecule has 0 bridgehead atoms. The molecule has 0 unspecified atom stereocenters. The highest BCUT2D eigenvalue weighted by molar-refractivity contribution is 9.10. The summed E-state index contributed by atoms with van der Waals surface area (Å²) in [7, 11) is 1.61. The van der Waals surface area contributed by atoms with Gasteiger partial charge in [0.25, 0.3) is 5.91 Å². The molecule has 3 aromatic rings. The number of ether oxygens (including phenoxy) is 2. The van der Waals surface area contributed by atoms with Crippen LogP contribution in [0, 0.1) is 12.3 Å². The van der Waals surface area contributed by atoms with E-state index in [4.69, 9.17) is 20.6 Å². The molecule has 0 atom stereocenters. The Morgan fingerprint density at radius 3 is 2.48 bits per heavy atom. The minimum Gasteiger partial charge on any atom is -0.493 e. The van der Waals surface area contributed by atoms with Crippen LogP contribution in [0.3, 0.4) is 0 Å². The lowest BCUT2D eigenvalue weighted by molar-refractivity contribution is 0.102. The number of anilines is 2. The molecule has 0 heterocycles. The summed E-state index contributed by atoms with van der Waals surface area (Å²) in [4.78, 5) is 13.1. The van der Waals surface area contributed by atoms with Gasteiger partial charge >= 0.3 is 0 Å². The number of amidine groups is 1. The normalized spacial score (nSPS) is 10.4.